The molecule has 1 N–H and O–H groups in total. The lowest BCUT2D eigenvalue weighted by atomic mass is 9.80. The van der Waals surface area contributed by atoms with Gasteiger partial charge in [0.15, 0.2) is 0 Å². The van der Waals surface area contributed by atoms with Crippen molar-refractivity contribution in [2.45, 2.75) is 32.6 Å². The van der Waals surface area contributed by atoms with Gasteiger partial charge in [0.1, 0.15) is 16.7 Å². The summed E-state index contributed by atoms with van der Waals surface area (Å²) in [5, 5.41) is 3.40. The van der Waals surface area contributed by atoms with Crippen molar-refractivity contribution in [3.63, 3.8) is 0 Å². The molecule has 0 saturated heterocycles. The van der Waals surface area contributed by atoms with Gasteiger partial charge in [-0.15, -0.1) is 0 Å². The molecule has 0 spiro atoms. The molecule has 0 aromatic carbocycles. The van der Waals surface area contributed by atoms with E-state index in [0.717, 1.165) is 28.8 Å². The van der Waals surface area contributed by atoms with Crippen LogP contribution in [-0.2, 0) is 0 Å². The largest absolute Gasteiger partial charge is 0.370 e. The molecule has 2 rings (SSSR count). The Bertz CT molecular complexity index is 343. The summed E-state index contributed by atoms with van der Waals surface area (Å²) < 4.78 is 0.835. The van der Waals surface area contributed by atoms with Crippen molar-refractivity contribution in [3.05, 3.63) is 17.0 Å². The van der Waals surface area contributed by atoms with Crippen molar-refractivity contribution in [2.24, 2.45) is 11.8 Å². The van der Waals surface area contributed by atoms with Crippen LogP contribution in [-0.4, -0.2) is 16.5 Å². The van der Waals surface area contributed by atoms with Crippen molar-refractivity contribution >= 4 is 21.7 Å². The van der Waals surface area contributed by atoms with E-state index in [2.05, 4.69) is 38.1 Å². The van der Waals surface area contributed by atoms with Crippen LogP contribution in [0.4, 0.5) is 5.82 Å². The Morgan fingerprint density at radius 2 is 2.19 bits per heavy atom. The number of rotatable bonds is 3. The van der Waals surface area contributed by atoms with Crippen molar-refractivity contribution < 1.29 is 0 Å². The monoisotopic (exact) mass is 283 g/mol. The van der Waals surface area contributed by atoms with E-state index in [4.69, 9.17) is 0 Å². The van der Waals surface area contributed by atoms with Crippen LogP contribution in [0.1, 0.15) is 32.6 Å². The van der Waals surface area contributed by atoms with E-state index in [1.165, 1.54) is 25.7 Å². The maximum Gasteiger partial charge on any atom is 0.130 e. The summed E-state index contributed by atoms with van der Waals surface area (Å²) in [7, 11) is 0. The molecule has 1 aliphatic carbocycles. The van der Waals surface area contributed by atoms with Crippen LogP contribution in [0.2, 0.25) is 0 Å². The summed E-state index contributed by atoms with van der Waals surface area (Å²) in [6.07, 6.45) is 7.08. The Morgan fingerprint density at radius 3 is 2.94 bits per heavy atom. The number of nitrogens with one attached hydrogen (secondary N) is 1. The zero-order valence-electron chi connectivity index (χ0n) is 9.62. The fraction of sp³-hybridized carbons (Fsp3) is 0.667. The third kappa shape index (κ3) is 3.17. The molecule has 1 fully saturated rings. The molecule has 88 valence electrons. The molecule has 0 aliphatic heterocycles. The lowest BCUT2D eigenvalue weighted by molar-refractivity contribution is 0.268. The summed E-state index contributed by atoms with van der Waals surface area (Å²) in [6.45, 7) is 3.39. The summed E-state index contributed by atoms with van der Waals surface area (Å²) in [6, 6.07) is 1.92. The van der Waals surface area contributed by atoms with E-state index >= 15 is 0 Å². The van der Waals surface area contributed by atoms with E-state index in [9.17, 15) is 0 Å². The van der Waals surface area contributed by atoms with E-state index in [1.54, 1.807) is 6.33 Å². The molecule has 2 atom stereocenters. The zero-order valence-corrected chi connectivity index (χ0v) is 11.2. The highest BCUT2D eigenvalue weighted by molar-refractivity contribution is 9.10. The van der Waals surface area contributed by atoms with Gasteiger partial charge in [-0.05, 0) is 34.2 Å². The van der Waals surface area contributed by atoms with Crippen molar-refractivity contribution in [1.82, 2.24) is 9.97 Å². The van der Waals surface area contributed by atoms with Gasteiger partial charge in [-0.3, -0.25) is 0 Å². The van der Waals surface area contributed by atoms with Crippen LogP contribution in [0.5, 0.6) is 0 Å². The minimum atomic E-state index is 0.794. The maximum atomic E-state index is 4.20. The summed E-state index contributed by atoms with van der Waals surface area (Å²) in [4.78, 5) is 8.21. The molecule has 0 bridgehead atoms. The summed E-state index contributed by atoms with van der Waals surface area (Å²) in [5.41, 5.74) is 0. The van der Waals surface area contributed by atoms with E-state index in [1.807, 2.05) is 6.07 Å². The van der Waals surface area contributed by atoms with Gasteiger partial charge in [-0.2, -0.15) is 0 Å². The molecule has 1 aromatic heterocycles. The Kier molecular flexibility index (Phi) is 4.16. The van der Waals surface area contributed by atoms with Gasteiger partial charge in [-0.25, -0.2) is 9.97 Å². The molecule has 4 heteroatoms. The number of hydrogen-bond acceptors (Lipinski definition) is 3. The average molecular weight is 284 g/mol. The van der Waals surface area contributed by atoms with E-state index < -0.39 is 0 Å². The first kappa shape index (κ1) is 11.8. The Hall–Kier alpha value is -0.640. The zero-order chi connectivity index (χ0) is 11.4. The van der Waals surface area contributed by atoms with E-state index in [0.29, 0.717) is 0 Å². The lowest BCUT2D eigenvalue weighted by Gasteiger charge is -2.28. The topological polar surface area (TPSA) is 37.8 Å². The SMILES string of the molecule is CC1CCCCC1CNc1cc(Br)ncn1. The number of nitrogens with zero attached hydrogens (tertiary/aromatic N) is 2. The van der Waals surface area contributed by atoms with Crippen molar-refractivity contribution in [2.75, 3.05) is 11.9 Å². The molecular formula is C12H18BrN3. The normalized spacial score (nSPS) is 25.4. The minimum absolute atomic E-state index is 0.794. The van der Waals surface area contributed by atoms with Crippen LogP contribution in [0, 0.1) is 11.8 Å². The van der Waals surface area contributed by atoms with Crippen LogP contribution in [0.15, 0.2) is 17.0 Å². The lowest BCUT2D eigenvalue weighted by Crippen LogP contribution is -2.24. The predicted octanol–water partition coefficient (Wildman–Crippen LogP) is 3.48. The van der Waals surface area contributed by atoms with Gasteiger partial charge in [0.2, 0.25) is 0 Å². The minimum Gasteiger partial charge on any atom is -0.370 e. The molecule has 1 aliphatic rings. The fourth-order valence-corrected chi connectivity index (χ4v) is 2.67. The molecule has 2 unspecified atom stereocenters. The second-order valence-electron chi connectivity index (χ2n) is 4.63. The van der Waals surface area contributed by atoms with Crippen LogP contribution >= 0.6 is 15.9 Å². The second kappa shape index (κ2) is 5.62. The standard InChI is InChI=1S/C12H18BrN3/c1-9-4-2-3-5-10(9)7-14-12-6-11(13)15-8-16-12/h6,8-10H,2-5,7H2,1H3,(H,14,15,16). The van der Waals surface area contributed by atoms with Crippen molar-refractivity contribution in [3.8, 4) is 0 Å². The van der Waals surface area contributed by atoms with Crippen LogP contribution in [0.25, 0.3) is 0 Å². The first-order valence-electron chi connectivity index (χ1n) is 5.97. The Labute approximate surface area is 105 Å². The molecule has 0 amide bonds. The summed E-state index contributed by atoms with van der Waals surface area (Å²) in [5.74, 6) is 2.55. The second-order valence-corrected chi connectivity index (χ2v) is 5.44. The smallest absolute Gasteiger partial charge is 0.130 e. The number of anilines is 1. The molecule has 16 heavy (non-hydrogen) atoms. The quantitative estimate of drug-likeness (QED) is 0.863. The molecule has 1 aromatic rings. The number of halogens is 1. The highest BCUT2D eigenvalue weighted by atomic mass is 79.9. The highest BCUT2D eigenvalue weighted by Gasteiger charge is 2.20. The first-order chi connectivity index (χ1) is 7.75. The van der Waals surface area contributed by atoms with Gasteiger partial charge >= 0.3 is 0 Å². The fourth-order valence-electron chi connectivity index (χ4n) is 2.36. The molecule has 3 nitrogen and oxygen atoms in total. The Morgan fingerprint density at radius 1 is 1.38 bits per heavy atom. The van der Waals surface area contributed by atoms with Gasteiger partial charge in [0, 0.05) is 12.6 Å². The van der Waals surface area contributed by atoms with Gasteiger partial charge < -0.3 is 5.32 Å². The van der Waals surface area contributed by atoms with Gasteiger partial charge in [0.25, 0.3) is 0 Å². The molecule has 1 heterocycles. The third-order valence-corrected chi connectivity index (χ3v) is 3.90. The van der Waals surface area contributed by atoms with Gasteiger partial charge in [-0.1, -0.05) is 26.2 Å². The molecule has 0 radical (unpaired) electrons. The average Bonchev–Trinajstić information content (AvgIpc) is 2.28. The predicted molar refractivity (Wildman–Crippen MR) is 69.3 cm³/mol. The van der Waals surface area contributed by atoms with Gasteiger partial charge in [0.05, 0.1) is 0 Å². The van der Waals surface area contributed by atoms with Crippen LogP contribution < -0.4 is 5.32 Å². The van der Waals surface area contributed by atoms with Crippen LogP contribution in [0.3, 0.4) is 0 Å². The summed E-state index contributed by atoms with van der Waals surface area (Å²) >= 11 is 3.35. The highest BCUT2D eigenvalue weighted by Crippen LogP contribution is 2.29. The first-order valence-corrected chi connectivity index (χ1v) is 6.76. The number of hydrogen-bond donors (Lipinski definition) is 1. The van der Waals surface area contributed by atoms with E-state index in [-0.39, 0.29) is 0 Å². The third-order valence-electron chi connectivity index (χ3n) is 3.47. The van der Waals surface area contributed by atoms with Crippen molar-refractivity contribution in [1.29, 1.82) is 0 Å². The molecular weight excluding hydrogens is 266 g/mol. The maximum absolute atomic E-state index is 4.20. The Balaban J connectivity index is 1.86. The molecule has 1 saturated carbocycles. The number of aromatic nitrogens is 2.